The summed E-state index contributed by atoms with van der Waals surface area (Å²) in [6, 6.07) is 11.3. The van der Waals surface area contributed by atoms with Crippen molar-refractivity contribution in [2.24, 2.45) is 0 Å². The van der Waals surface area contributed by atoms with Crippen molar-refractivity contribution >= 4 is 34.1 Å². The zero-order chi connectivity index (χ0) is 25.4. The number of aromatic nitrogens is 1. The van der Waals surface area contributed by atoms with Gasteiger partial charge in [0.2, 0.25) is 0 Å². The van der Waals surface area contributed by atoms with Crippen LogP contribution in [0.15, 0.2) is 54.9 Å². The molecule has 0 radical (unpaired) electrons. The molecule has 180 valence electrons. The van der Waals surface area contributed by atoms with Crippen LogP contribution in [0.3, 0.4) is 0 Å². The Balaban J connectivity index is 1.50. The molecule has 10 heteroatoms. The predicted molar refractivity (Wildman–Crippen MR) is 125 cm³/mol. The van der Waals surface area contributed by atoms with Gasteiger partial charge in [0.15, 0.2) is 0 Å². The molecule has 1 N–H and O–H groups in total. The van der Waals surface area contributed by atoms with Gasteiger partial charge in [-0.2, -0.15) is 18.4 Å². The maximum absolute atomic E-state index is 13.4. The molecule has 1 saturated heterocycles. The molecule has 2 heterocycles. The number of benzene rings is 2. The number of carbonyl (C=O) groups excluding carboxylic acids is 2. The van der Waals surface area contributed by atoms with Crippen LogP contribution in [0.4, 0.5) is 29.3 Å². The molecule has 2 aromatic carbocycles. The summed E-state index contributed by atoms with van der Waals surface area (Å²) in [5.74, 6) is -0.631. The summed E-state index contributed by atoms with van der Waals surface area (Å²) in [6.45, 7) is 3.83. The highest BCUT2D eigenvalue weighted by molar-refractivity contribution is 6.23. The minimum atomic E-state index is -4.80. The van der Waals surface area contributed by atoms with Crippen molar-refractivity contribution in [1.82, 2.24) is 9.88 Å². The highest BCUT2D eigenvalue weighted by atomic mass is 19.4. The van der Waals surface area contributed by atoms with Crippen molar-refractivity contribution in [2.75, 3.05) is 23.3 Å². The quantitative estimate of drug-likeness (QED) is 0.387. The average molecular weight is 481 g/mol. The van der Waals surface area contributed by atoms with Crippen LogP contribution in [0, 0.1) is 11.3 Å². The van der Waals surface area contributed by atoms with Gasteiger partial charge >= 0.3 is 12.2 Å². The first kappa shape index (κ1) is 24.0. The highest BCUT2D eigenvalue weighted by Crippen LogP contribution is 2.37. The monoisotopic (exact) mass is 481 g/mol. The number of anilines is 2. The topological polar surface area (TPSA) is 89.3 Å². The summed E-state index contributed by atoms with van der Waals surface area (Å²) in [5.41, 5.74) is -2.35. The van der Waals surface area contributed by atoms with Gasteiger partial charge < -0.3 is 10.2 Å². The number of amides is 3. The van der Waals surface area contributed by atoms with E-state index < -0.39 is 34.8 Å². The maximum atomic E-state index is 13.4. The van der Waals surface area contributed by atoms with E-state index in [2.05, 4.69) is 10.3 Å². The Labute approximate surface area is 199 Å². The molecule has 3 amide bonds. The van der Waals surface area contributed by atoms with Crippen LogP contribution in [0.2, 0.25) is 0 Å². The molecule has 0 spiro atoms. The van der Waals surface area contributed by atoms with Gasteiger partial charge in [0.25, 0.3) is 5.91 Å². The molecule has 0 bridgehead atoms. The largest absolute Gasteiger partial charge is 0.417 e. The van der Waals surface area contributed by atoms with E-state index in [0.29, 0.717) is 19.0 Å². The van der Waals surface area contributed by atoms with Gasteiger partial charge in [0, 0.05) is 36.6 Å². The molecule has 1 fully saturated rings. The number of pyridine rings is 1. The molecule has 0 atom stereocenters. The second kappa shape index (κ2) is 8.91. The lowest BCUT2D eigenvalue weighted by Crippen LogP contribution is -2.45. The van der Waals surface area contributed by atoms with Crippen molar-refractivity contribution in [3.05, 3.63) is 66.0 Å². The first-order valence-electron chi connectivity index (χ1n) is 10.9. The fourth-order valence-corrected chi connectivity index (χ4v) is 4.17. The Morgan fingerprint density at radius 3 is 2.63 bits per heavy atom. The average Bonchev–Trinajstić information content (AvgIpc) is 2.99. The number of nitrogens with zero attached hydrogens (tertiary/aromatic N) is 4. The Bertz CT molecular complexity index is 1340. The summed E-state index contributed by atoms with van der Waals surface area (Å²) in [4.78, 5) is 32.5. The van der Waals surface area contributed by atoms with E-state index in [1.165, 1.54) is 17.0 Å². The van der Waals surface area contributed by atoms with Crippen molar-refractivity contribution in [1.29, 1.82) is 5.26 Å². The second-order valence-electron chi connectivity index (χ2n) is 8.66. The fraction of sp³-hybridized carbons (Fsp3) is 0.280. The molecule has 4 rings (SSSR count). The molecular weight excluding hydrogens is 459 g/mol. The number of fused-ring (bicyclic) bond motifs is 1. The molecule has 3 aromatic rings. The number of hydrogen-bond donors (Lipinski definition) is 1. The Morgan fingerprint density at radius 1 is 1.14 bits per heavy atom. The lowest BCUT2D eigenvalue weighted by atomic mass is 10.0. The number of halogens is 3. The molecular formula is C25H22F3N5O2. The number of carbonyl (C=O) groups is 2. The number of imide groups is 1. The second-order valence-corrected chi connectivity index (χ2v) is 8.66. The number of nitriles is 1. The van der Waals surface area contributed by atoms with E-state index in [4.69, 9.17) is 5.26 Å². The molecule has 0 saturated carbocycles. The zero-order valence-corrected chi connectivity index (χ0v) is 19.1. The predicted octanol–water partition coefficient (Wildman–Crippen LogP) is 5.17. The Morgan fingerprint density at radius 2 is 1.91 bits per heavy atom. The zero-order valence-electron chi connectivity index (χ0n) is 19.1. The smallest absolute Gasteiger partial charge is 0.384 e. The van der Waals surface area contributed by atoms with Crippen LogP contribution < -0.4 is 10.2 Å². The molecule has 0 aliphatic carbocycles. The van der Waals surface area contributed by atoms with E-state index in [1.54, 1.807) is 26.2 Å². The van der Waals surface area contributed by atoms with Crippen LogP contribution in [0.5, 0.6) is 0 Å². The molecule has 1 aliphatic heterocycles. The van der Waals surface area contributed by atoms with Crippen LogP contribution in [0.1, 0.15) is 31.4 Å². The van der Waals surface area contributed by atoms with Gasteiger partial charge in [0.1, 0.15) is 5.54 Å². The molecule has 0 unspecified atom stereocenters. The third kappa shape index (κ3) is 4.37. The highest BCUT2D eigenvalue weighted by Gasteiger charge is 2.51. The third-order valence-electron chi connectivity index (χ3n) is 6.07. The molecule has 7 nitrogen and oxygen atoms in total. The third-order valence-corrected chi connectivity index (χ3v) is 6.07. The summed E-state index contributed by atoms with van der Waals surface area (Å²) in [6.07, 6.45) is -0.839. The van der Waals surface area contributed by atoms with Crippen LogP contribution >= 0.6 is 0 Å². The van der Waals surface area contributed by atoms with Gasteiger partial charge in [-0.1, -0.05) is 12.1 Å². The minimum absolute atomic E-state index is 0.215. The van der Waals surface area contributed by atoms with Crippen molar-refractivity contribution in [3.8, 4) is 6.07 Å². The van der Waals surface area contributed by atoms with Crippen molar-refractivity contribution < 1.29 is 22.8 Å². The van der Waals surface area contributed by atoms with Crippen LogP contribution in [0.25, 0.3) is 10.8 Å². The summed E-state index contributed by atoms with van der Waals surface area (Å²) in [7, 11) is 0. The molecule has 1 aromatic heterocycles. The van der Waals surface area contributed by atoms with E-state index in [0.717, 1.165) is 27.4 Å². The lowest BCUT2D eigenvalue weighted by molar-refractivity contribution is -0.137. The van der Waals surface area contributed by atoms with Gasteiger partial charge in [-0.15, -0.1) is 0 Å². The van der Waals surface area contributed by atoms with Crippen molar-refractivity contribution in [3.63, 3.8) is 0 Å². The van der Waals surface area contributed by atoms with Crippen molar-refractivity contribution in [2.45, 2.75) is 32.0 Å². The molecule has 35 heavy (non-hydrogen) atoms. The Kier molecular flexibility index (Phi) is 6.11. The number of alkyl halides is 3. The lowest BCUT2D eigenvalue weighted by Gasteiger charge is -2.27. The number of rotatable bonds is 6. The summed E-state index contributed by atoms with van der Waals surface area (Å²) < 4.78 is 40.2. The van der Waals surface area contributed by atoms with Gasteiger partial charge in [-0.25, -0.2) is 9.69 Å². The minimum Gasteiger partial charge on any atom is -0.384 e. The normalized spacial score (nSPS) is 15.5. The summed E-state index contributed by atoms with van der Waals surface area (Å²) >= 11 is 0. The Hall–Kier alpha value is -4.13. The van der Waals surface area contributed by atoms with Gasteiger partial charge in [-0.05, 0) is 56.0 Å². The van der Waals surface area contributed by atoms with E-state index >= 15 is 0 Å². The van der Waals surface area contributed by atoms with Crippen LogP contribution in [-0.2, 0) is 11.0 Å². The fourth-order valence-electron chi connectivity index (χ4n) is 4.17. The number of nitrogens with one attached hydrogen (secondary N) is 1. The first-order valence-corrected chi connectivity index (χ1v) is 10.9. The first-order chi connectivity index (χ1) is 16.6. The van der Waals surface area contributed by atoms with Gasteiger partial charge in [0.05, 0.1) is 22.9 Å². The maximum Gasteiger partial charge on any atom is 0.417 e. The number of urea groups is 1. The number of hydrogen-bond acceptors (Lipinski definition) is 5. The molecule has 1 aliphatic rings. The van der Waals surface area contributed by atoms with E-state index in [1.807, 2.05) is 24.3 Å². The SMILES string of the molecule is CC1(C)C(=O)N(c2ccc(C#N)c(C(F)(F)F)c2)C(=O)N1CCCNc1cccc2ccncc12. The van der Waals surface area contributed by atoms with E-state index in [-0.39, 0.29) is 12.2 Å². The van der Waals surface area contributed by atoms with E-state index in [9.17, 15) is 22.8 Å². The van der Waals surface area contributed by atoms with Gasteiger partial charge in [-0.3, -0.25) is 9.78 Å². The van der Waals surface area contributed by atoms with Crippen LogP contribution in [-0.4, -0.2) is 40.5 Å². The summed E-state index contributed by atoms with van der Waals surface area (Å²) in [5, 5.41) is 14.3. The standard InChI is InChI=1S/C25H22F3N5O2/c1-24(2)22(34)33(18-8-7-17(14-29)20(13-18)25(26,27)28)23(35)32(24)12-4-10-31-21-6-3-5-16-9-11-30-15-19(16)21/h3,5-9,11,13,15,31H,4,10,12H2,1-2H3.